The fourth-order valence-corrected chi connectivity index (χ4v) is 4.10. The largest absolute Gasteiger partial charge is 0.325 e. The molecule has 0 saturated carbocycles. The Balaban J connectivity index is 1.85. The minimum atomic E-state index is -0.816. The first-order chi connectivity index (χ1) is 17.2. The predicted octanol–water partition coefficient (Wildman–Crippen LogP) is 5.54. The van der Waals surface area contributed by atoms with Crippen LogP contribution < -0.4 is 16.2 Å². The van der Waals surface area contributed by atoms with E-state index in [-0.39, 0.29) is 17.5 Å². The quantitative estimate of drug-likeness (QED) is 0.378. The Morgan fingerprint density at radius 2 is 1.69 bits per heavy atom. The number of carbonyl (C=O) groups excluding carboxylic acids is 2. The number of aromatic nitrogens is 2. The second kappa shape index (κ2) is 10.2. The Morgan fingerprint density at radius 1 is 0.944 bits per heavy atom. The Labute approximate surface area is 210 Å². The highest BCUT2D eigenvalue weighted by molar-refractivity contribution is 5.96. The molecule has 0 saturated heterocycles. The third kappa shape index (κ3) is 4.91. The van der Waals surface area contributed by atoms with E-state index < -0.39 is 11.6 Å². The van der Waals surface area contributed by atoms with Crippen LogP contribution in [0.15, 0.2) is 65.5 Å². The van der Waals surface area contributed by atoms with Gasteiger partial charge in [-0.2, -0.15) is 0 Å². The lowest BCUT2D eigenvalue weighted by Gasteiger charge is -2.20. The van der Waals surface area contributed by atoms with Gasteiger partial charge in [0.05, 0.1) is 16.7 Å². The van der Waals surface area contributed by atoms with Crippen LogP contribution in [-0.2, 0) is 9.59 Å². The maximum atomic E-state index is 13.9. The van der Waals surface area contributed by atoms with Crippen LogP contribution in [0.3, 0.4) is 0 Å². The smallest absolute Gasteiger partial charge is 0.278 e. The summed E-state index contributed by atoms with van der Waals surface area (Å²) in [5, 5.41) is 5.81. The van der Waals surface area contributed by atoms with Crippen LogP contribution in [0.5, 0.6) is 0 Å². The van der Waals surface area contributed by atoms with Crippen LogP contribution in [0.25, 0.3) is 22.3 Å². The van der Waals surface area contributed by atoms with E-state index in [4.69, 9.17) is 0 Å². The Morgan fingerprint density at radius 3 is 2.42 bits per heavy atom. The molecule has 7 heteroatoms. The second-order valence-electron chi connectivity index (χ2n) is 9.04. The van der Waals surface area contributed by atoms with Crippen LogP contribution in [0.1, 0.15) is 43.0 Å². The van der Waals surface area contributed by atoms with Gasteiger partial charge in [-0.3, -0.25) is 19.0 Å². The number of aryl methyl sites for hydroxylation is 3. The molecule has 7 nitrogen and oxygen atoms in total. The number of anilines is 2. The van der Waals surface area contributed by atoms with Gasteiger partial charge in [0.15, 0.2) is 0 Å². The number of para-hydroxylation sites is 2. The zero-order valence-corrected chi connectivity index (χ0v) is 21.2. The zero-order valence-electron chi connectivity index (χ0n) is 21.2. The Bertz CT molecular complexity index is 1540. The summed E-state index contributed by atoms with van der Waals surface area (Å²) in [4.78, 5) is 44.1. The Kier molecular flexibility index (Phi) is 7.01. The highest BCUT2D eigenvalue weighted by Crippen LogP contribution is 2.28. The highest BCUT2D eigenvalue weighted by atomic mass is 16.2. The molecule has 0 fully saturated rings. The van der Waals surface area contributed by atoms with Gasteiger partial charge in [-0.1, -0.05) is 36.8 Å². The van der Waals surface area contributed by atoms with E-state index in [0.29, 0.717) is 34.4 Å². The lowest BCUT2D eigenvalue weighted by molar-refractivity contribution is -0.119. The molecule has 0 aliphatic heterocycles. The molecule has 4 aromatic rings. The van der Waals surface area contributed by atoms with E-state index in [1.54, 1.807) is 26.0 Å². The molecule has 36 heavy (non-hydrogen) atoms. The lowest BCUT2D eigenvalue weighted by Crippen LogP contribution is -2.33. The van der Waals surface area contributed by atoms with Crippen LogP contribution in [-0.4, -0.2) is 21.4 Å². The molecule has 0 bridgehead atoms. The molecule has 0 spiro atoms. The summed E-state index contributed by atoms with van der Waals surface area (Å²) >= 11 is 0. The normalized spacial score (nSPS) is 11.8. The van der Waals surface area contributed by atoms with Crippen molar-refractivity contribution in [2.75, 3.05) is 10.6 Å². The number of fused-ring (bicyclic) bond motifs is 1. The van der Waals surface area contributed by atoms with E-state index in [0.717, 1.165) is 16.7 Å². The average Bonchev–Trinajstić information content (AvgIpc) is 2.86. The first kappa shape index (κ1) is 24.9. The molecular weight excluding hydrogens is 452 g/mol. The maximum Gasteiger partial charge on any atom is 0.278 e. The number of carbonyl (C=O) groups is 2. The first-order valence-corrected chi connectivity index (χ1v) is 12.0. The number of hydrogen-bond donors (Lipinski definition) is 2. The molecule has 4 rings (SSSR count). The molecule has 184 valence electrons. The third-order valence-electron chi connectivity index (χ3n) is 6.36. The fraction of sp³-hybridized carbons (Fsp3) is 0.241. The number of benzene rings is 3. The molecule has 0 unspecified atom stereocenters. The van der Waals surface area contributed by atoms with Crippen molar-refractivity contribution in [1.29, 1.82) is 0 Å². The van der Waals surface area contributed by atoms with E-state index in [1.807, 2.05) is 69.3 Å². The van der Waals surface area contributed by atoms with Gasteiger partial charge in [0.2, 0.25) is 11.8 Å². The molecule has 0 radical (unpaired) electrons. The van der Waals surface area contributed by atoms with Crippen molar-refractivity contribution in [3.63, 3.8) is 0 Å². The average molecular weight is 483 g/mol. The van der Waals surface area contributed by atoms with Crippen LogP contribution >= 0.6 is 0 Å². The third-order valence-corrected chi connectivity index (χ3v) is 6.36. The molecule has 1 aromatic heterocycles. The van der Waals surface area contributed by atoms with Crippen molar-refractivity contribution in [2.24, 2.45) is 0 Å². The van der Waals surface area contributed by atoms with E-state index in [2.05, 4.69) is 15.6 Å². The van der Waals surface area contributed by atoms with Crippen molar-refractivity contribution in [1.82, 2.24) is 9.55 Å². The molecule has 0 aliphatic carbocycles. The predicted molar refractivity (Wildman–Crippen MR) is 144 cm³/mol. The van der Waals surface area contributed by atoms with Crippen molar-refractivity contribution >= 4 is 34.2 Å². The number of amides is 2. The summed E-state index contributed by atoms with van der Waals surface area (Å²) in [6.07, 6.45) is 0.304. The molecule has 1 heterocycles. The summed E-state index contributed by atoms with van der Waals surface area (Å²) in [7, 11) is 0. The SMILES string of the molecule is CCC(=O)Nc1ccc(C)cc1-c1nc2ccccc2n([C@H](C)C(=O)Nc2ccc(C)c(C)c2)c1=O. The van der Waals surface area contributed by atoms with E-state index in [1.165, 1.54) is 4.57 Å². The number of nitrogens with zero attached hydrogens (tertiary/aromatic N) is 2. The topological polar surface area (TPSA) is 93.1 Å². The van der Waals surface area contributed by atoms with Crippen molar-refractivity contribution < 1.29 is 9.59 Å². The minimum absolute atomic E-state index is 0.164. The molecule has 2 amide bonds. The number of rotatable bonds is 6. The highest BCUT2D eigenvalue weighted by Gasteiger charge is 2.23. The molecule has 1 atom stereocenters. The number of hydrogen-bond acceptors (Lipinski definition) is 4. The summed E-state index contributed by atoms with van der Waals surface area (Å²) in [6.45, 7) is 9.37. The second-order valence-corrected chi connectivity index (χ2v) is 9.04. The van der Waals surface area contributed by atoms with Gasteiger partial charge < -0.3 is 10.6 Å². The van der Waals surface area contributed by atoms with Gasteiger partial charge in [0.25, 0.3) is 5.56 Å². The van der Waals surface area contributed by atoms with Crippen molar-refractivity contribution in [3.8, 4) is 11.3 Å². The zero-order chi connectivity index (χ0) is 26.0. The summed E-state index contributed by atoms with van der Waals surface area (Å²) < 4.78 is 1.47. The molecule has 0 aliphatic rings. The van der Waals surface area contributed by atoms with Gasteiger partial charge in [-0.15, -0.1) is 0 Å². The van der Waals surface area contributed by atoms with E-state index >= 15 is 0 Å². The summed E-state index contributed by atoms with van der Waals surface area (Å²) in [5.41, 5.74) is 5.71. The molecular formula is C29H30N4O3. The number of nitrogens with one attached hydrogen (secondary N) is 2. The monoisotopic (exact) mass is 482 g/mol. The van der Waals surface area contributed by atoms with Gasteiger partial charge in [0.1, 0.15) is 11.7 Å². The molecule has 2 N–H and O–H groups in total. The minimum Gasteiger partial charge on any atom is -0.325 e. The van der Waals surface area contributed by atoms with Gasteiger partial charge >= 0.3 is 0 Å². The molecule has 3 aromatic carbocycles. The van der Waals surface area contributed by atoms with Crippen LogP contribution in [0.2, 0.25) is 0 Å². The summed E-state index contributed by atoms with van der Waals surface area (Å²) in [6, 6.07) is 17.6. The van der Waals surface area contributed by atoms with Gasteiger partial charge in [0, 0.05) is 17.7 Å². The van der Waals surface area contributed by atoms with Crippen molar-refractivity contribution in [2.45, 2.75) is 47.1 Å². The van der Waals surface area contributed by atoms with Gasteiger partial charge in [-0.25, -0.2) is 4.98 Å². The Hall–Kier alpha value is -4.26. The lowest BCUT2D eigenvalue weighted by atomic mass is 10.1. The fourth-order valence-electron chi connectivity index (χ4n) is 4.10. The van der Waals surface area contributed by atoms with Gasteiger partial charge in [-0.05, 0) is 75.2 Å². The van der Waals surface area contributed by atoms with Crippen LogP contribution in [0.4, 0.5) is 11.4 Å². The maximum absolute atomic E-state index is 13.9. The van der Waals surface area contributed by atoms with E-state index in [9.17, 15) is 14.4 Å². The van der Waals surface area contributed by atoms with Crippen molar-refractivity contribution in [3.05, 3.63) is 87.7 Å². The first-order valence-electron chi connectivity index (χ1n) is 12.0. The summed E-state index contributed by atoms with van der Waals surface area (Å²) in [5.74, 6) is -0.478. The standard InChI is InChI=1S/C29H30N4O3/c1-6-26(34)31-23-14-11-17(2)15-22(23)27-29(36)33(25-10-8-7-9-24(25)32-27)20(5)28(35)30-21-13-12-18(3)19(4)16-21/h7-16,20H,6H2,1-5H3,(H,30,35)(H,31,34)/t20-/m1/s1. The van der Waals surface area contributed by atoms with Crippen LogP contribution in [0, 0.1) is 20.8 Å².